The Balaban J connectivity index is 2.00. The lowest BCUT2D eigenvalue weighted by Crippen LogP contribution is -2.10. The fourth-order valence-corrected chi connectivity index (χ4v) is 2.16. The van der Waals surface area contributed by atoms with Crippen molar-refractivity contribution in [2.75, 3.05) is 32.6 Å². The minimum absolute atomic E-state index is 0.800. The number of anilines is 1. The monoisotopic (exact) mass is 204 g/mol. The van der Waals surface area contributed by atoms with E-state index in [1.54, 1.807) is 0 Å². The van der Waals surface area contributed by atoms with Crippen LogP contribution in [0, 0.1) is 5.92 Å². The first-order chi connectivity index (χ1) is 7.22. The molecule has 2 rings (SSSR count). The van der Waals surface area contributed by atoms with E-state index in [4.69, 9.17) is 0 Å². The van der Waals surface area contributed by atoms with E-state index >= 15 is 0 Å². The van der Waals surface area contributed by atoms with Crippen molar-refractivity contribution in [3.05, 3.63) is 29.8 Å². The highest BCUT2D eigenvalue weighted by molar-refractivity contribution is 5.47. The van der Waals surface area contributed by atoms with Crippen molar-refractivity contribution < 1.29 is 0 Å². The minimum atomic E-state index is 0.800. The van der Waals surface area contributed by atoms with Crippen molar-refractivity contribution in [3.63, 3.8) is 0 Å². The second-order valence-corrected chi connectivity index (χ2v) is 4.65. The Bertz CT molecular complexity index is 316. The average molecular weight is 204 g/mol. The molecule has 1 saturated carbocycles. The van der Waals surface area contributed by atoms with Crippen molar-refractivity contribution in [2.45, 2.75) is 12.3 Å². The van der Waals surface area contributed by atoms with Crippen LogP contribution in [0.3, 0.4) is 0 Å². The highest BCUT2D eigenvalue weighted by Gasteiger charge is 2.37. The summed E-state index contributed by atoms with van der Waals surface area (Å²) < 4.78 is 0. The van der Waals surface area contributed by atoms with Gasteiger partial charge in [-0.3, -0.25) is 0 Å². The molecular weight excluding hydrogens is 184 g/mol. The van der Waals surface area contributed by atoms with E-state index in [2.05, 4.69) is 48.6 Å². The zero-order chi connectivity index (χ0) is 10.8. The van der Waals surface area contributed by atoms with Crippen LogP contribution < -0.4 is 10.2 Å². The number of nitrogens with one attached hydrogen (secondary N) is 1. The lowest BCUT2D eigenvalue weighted by Gasteiger charge is -2.12. The standard InChI is InChI=1S/C13H20N2/c1-14-9-11-8-13(11)10-4-6-12(7-5-10)15(2)3/h4-7,11,13-14H,8-9H2,1-3H3. The van der Waals surface area contributed by atoms with E-state index in [1.165, 1.54) is 17.7 Å². The Morgan fingerprint density at radius 1 is 1.27 bits per heavy atom. The molecule has 1 aromatic carbocycles. The van der Waals surface area contributed by atoms with Crippen LogP contribution in [0.2, 0.25) is 0 Å². The molecule has 1 aromatic rings. The summed E-state index contributed by atoms with van der Waals surface area (Å²) in [6, 6.07) is 8.97. The summed E-state index contributed by atoms with van der Waals surface area (Å²) in [7, 11) is 6.19. The van der Waals surface area contributed by atoms with Crippen LogP contribution in [0.4, 0.5) is 5.69 Å². The molecule has 82 valence electrons. The molecule has 0 radical (unpaired) electrons. The van der Waals surface area contributed by atoms with Crippen LogP contribution in [-0.4, -0.2) is 27.7 Å². The van der Waals surface area contributed by atoms with Gasteiger partial charge in [-0.05, 0) is 49.5 Å². The molecule has 1 N–H and O–H groups in total. The molecule has 0 heterocycles. The molecule has 2 nitrogen and oxygen atoms in total. The molecule has 0 spiro atoms. The van der Waals surface area contributed by atoms with Gasteiger partial charge in [0.05, 0.1) is 0 Å². The van der Waals surface area contributed by atoms with Gasteiger partial charge in [-0.25, -0.2) is 0 Å². The third-order valence-electron chi connectivity index (χ3n) is 3.23. The Labute approximate surface area is 92.3 Å². The normalized spacial score (nSPS) is 23.9. The molecule has 0 bridgehead atoms. The first-order valence-electron chi connectivity index (χ1n) is 5.64. The number of benzene rings is 1. The quantitative estimate of drug-likeness (QED) is 0.807. The first kappa shape index (κ1) is 10.5. The second kappa shape index (κ2) is 4.23. The zero-order valence-electron chi connectivity index (χ0n) is 9.83. The zero-order valence-corrected chi connectivity index (χ0v) is 9.83. The maximum Gasteiger partial charge on any atom is 0.0361 e. The van der Waals surface area contributed by atoms with Crippen molar-refractivity contribution in [3.8, 4) is 0 Å². The fourth-order valence-electron chi connectivity index (χ4n) is 2.16. The Hall–Kier alpha value is -1.02. The summed E-state index contributed by atoms with van der Waals surface area (Å²) in [5, 5.41) is 3.25. The maximum absolute atomic E-state index is 3.25. The number of hydrogen-bond donors (Lipinski definition) is 1. The van der Waals surface area contributed by atoms with Crippen LogP contribution in [0.25, 0.3) is 0 Å². The van der Waals surface area contributed by atoms with Gasteiger partial charge in [0, 0.05) is 19.8 Å². The summed E-state index contributed by atoms with van der Waals surface area (Å²) in [6.45, 7) is 1.15. The van der Waals surface area contributed by atoms with Crippen molar-refractivity contribution >= 4 is 5.69 Å². The van der Waals surface area contributed by atoms with Gasteiger partial charge >= 0.3 is 0 Å². The van der Waals surface area contributed by atoms with Crippen molar-refractivity contribution in [2.24, 2.45) is 5.92 Å². The summed E-state index contributed by atoms with van der Waals surface area (Å²) >= 11 is 0. The first-order valence-corrected chi connectivity index (χ1v) is 5.64. The smallest absolute Gasteiger partial charge is 0.0361 e. The molecule has 0 aromatic heterocycles. The number of nitrogens with zero attached hydrogens (tertiary/aromatic N) is 1. The third-order valence-corrected chi connectivity index (χ3v) is 3.23. The Kier molecular flexibility index (Phi) is 2.96. The van der Waals surface area contributed by atoms with E-state index in [0.29, 0.717) is 0 Å². The van der Waals surface area contributed by atoms with Gasteiger partial charge in [-0.2, -0.15) is 0 Å². The summed E-state index contributed by atoms with van der Waals surface area (Å²) in [6.07, 6.45) is 1.35. The van der Waals surface area contributed by atoms with Crippen LogP contribution in [0.15, 0.2) is 24.3 Å². The van der Waals surface area contributed by atoms with Gasteiger partial charge in [0.2, 0.25) is 0 Å². The highest BCUT2D eigenvalue weighted by atomic mass is 15.1. The van der Waals surface area contributed by atoms with Crippen LogP contribution in [0.5, 0.6) is 0 Å². The highest BCUT2D eigenvalue weighted by Crippen LogP contribution is 2.47. The summed E-state index contributed by atoms with van der Waals surface area (Å²) in [5.41, 5.74) is 2.78. The van der Waals surface area contributed by atoms with Gasteiger partial charge in [0.15, 0.2) is 0 Å². The van der Waals surface area contributed by atoms with Crippen molar-refractivity contribution in [1.29, 1.82) is 0 Å². The van der Waals surface area contributed by atoms with Crippen molar-refractivity contribution in [1.82, 2.24) is 5.32 Å². The topological polar surface area (TPSA) is 15.3 Å². The van der Waals surface area contributed by atoms with Crippen LogP contribution >= 0.6 is 0 Å². The Morgan fingerprint density at radius 3 is 2.47 bits per heavy atom. The lowest BCUT2D eigenvalue weighted by molar-refractivity contribution is 0.698. The van der Waals surface area contributed by atoms with Gasteiger partial charge in [0.1, 0.15) is 0 Å². The number of rotatable bonds is 4. The second-order valence-electron chi connectivity index (χ2n) is 4.65. The molecular formula is C13H20N2. The van der Waals surface area contributed by atoms with E-state index in [0.717, 1.165) is 18.4 Å². The third kappa shape index (κ3) is 2.32. The van der Waals surface area contributed by atoms with E-state index in [-0.39, 0.29) is 0 Å². The van der Waals surface area contributed by atoms with E-state index in [1.807, 2.05) is 7.05 Å². The molecule has 0 saturated heterocycles. The predicted molar refractivity (Wildman–Crippen MR) is 65.5 cm³/mol. The molecule has 1 aliphatic carbocycles. The molecule has 2 atom stereocenters. The molecule has 0 aliphatic heterocycles. The van der Waals surface area contributed by atoms with Crippen LogP contribution in [-0.2, 0) is 0 Å². The molecule has 1 aliphatic rings. The Morgan fingerprint density at radius 2 is 1.93 bits per heavy atom. The summed E-state index contributed by atoms with van der Waals surface area (Å²) in [4.78, 5) is 2.14. The SMILES string of the molecule is CNCC1CC1c1ccc(N(C)C)cc1. The van der Waals surface area contributed by atoms with Gasteiger partial charge in [-0.1, -0.05) is 12.1 Å². The molecule has 0 amide bonds. The van der Waals surface area contributed by atoms with Gasteiger partial charge in [0.25, 0.3) is 0 Å². The summed E-state index contributed by atoms with van der Waals surface area (Å²) in [5.74, 6) is 1.66. The molecule has 2 heteroatoms. The lowest BCUT2D eigenvalue weighted by atomic mass is 10.1. The minimum Gasteiger partial charge on any atom is -0.378 e. The van der Waals surface area contributed by atoms with Gasteiger partial charge < -0.3 is 10.2 Å². The number of hydrogen-bond acceptors (Lipinski definition) is 2. The largest absolute Gasteiger partial charge is 0.378 e. The van der Waals surface area contributed by atoms with E-state index in [9.17, 15) is 0 Å². The fraction of sp³-hybridized carbons (Fsp3) is 0.538. The maximum atomic E-state index is 3.25. The average Bonchev–Trinajstić information content (AvgIpc) is 2.98. The molecule has 15 heavy (non-hydrogen) atoms. The molecule has 2 unspecified atom stereocenters. The molecule has 1 fully saturated rings. The van der Waals surface area contributed by atoms with E-state index < -0.39 is 0 Å². The van der Waals surface area contributed by atoms with Gasteiger partial charge in [-0.15, -0.1) is 0 Å². The van der Waals surface area contributed by atoms with Crippen LogP contribution in [0.1, 0.15) is 17.9 Å². The predicted octanol–water partition coefficient (Wildman–Crippen LogP) is 2.08.